The van der Waals surface area contributed by atoms with E-state index in [1.165, 1.54) is 0 Å². The van der Waals surface area contributed by atoms with Crippen molar-refractivity contribution in [2.75, 3.05) is 11.9 Å². The second-order valence-corrected chi connectivity index (χ2v) is 4.04. The van der Waals surface area contributed by atoms with Gasteiger partial charge in [-0.15, -0.1) is 0 Å². The third kappa shape index (κ3) is 3.27. The highest BCUT2D eigenvalue weighted by atomic mass is 15.3. The molecule has 0 atom stereocenters. The molecule has 0 spiro atoms. The molecule has 17 heavy (non-hydrogen) atoms. The molecule has 2 rings (SSSR count). The molecule has 0 aliphatic heterocycles. The number of aromatic nitrogens is 4. The zero-order valence-electron chi connectivity index (χ0n) is 10.2. The van der Waals surface area contributed by atoms with Crippen LogP contribution in [0.2, 0.25) is 0 Å². The van der Waals surface area contributed by atoms with Crippen LogP contribution in [0.5, 0.6) is 0 Å². The Morgan fingerprint density at radius 2 is 2.12 bits per heavy atom. The third-order valence-corrected chi connectivity index (χ3v) is 2.35. The summed E-state index contributed by atoms with van der Waals surface area (Å²) in [5.74, 6) is 0.826. The van der Waals surface area contributed by atoms with E-state index in [4.69, 9.17) is 0 Å². The second-order valence-electron chi connectivity index (χ2n) is 4.04. The Morgan fingerprint density at radius 1 is 1.24 bits per heavy atom. The van der Waals surface area contributed by atoms with Gasteiger partial charge in [0, 0.05) is 12.7 Å². The fourth-order valence-electron chi connectivity index (χ4n) is 1.50. The summed E-state index contributed by atoms with van der Waals surface area (Å²) < 4.78 is 1.86. The predicted octanol–water partition coefficient (Wildman–Crippen LogP) is 1.85. The van der Waals surface area contributed by atoms with Gasteiger partial charge < -0.3 is 5.32 Å². The van der Waals surface area contributed by atoms with Gasteiger partial charge in [0.15, 0.2) is 0 Å². The lowest BCUT2D eigenvalue weighted by Gasteiger charge is -2.04. The van der Waals surface area contributed by atoms with Crippen LogP contribution in [0, 0.1) is 6.92 Å². The van der Waals surface area contributed by atoms with Gasteiger partial charge in [0.25, 0.3) is 0 Å². The smallest absolute Gasteiger partial charge is 0.144 e. The van der Waals surface area contributed by atoms with Gasteiger partial charge in [0.1, 0.15) is 5.82 Å². The predicted molar refractivity (Wildman–Crippen MR) is 66.9 cm³/mol. The van der Waals surface area contributed by atoms with Crippen molar-refractivity contribution in [3.8, 4) is 0 Å². The Hall–Kier alpha value is -1.91. The summed E-state index contributed by atoms with van der Waals surface area (Å²) in [7, 11) is 0. The van der Waals surface area contributed by atoms with Crippen LogP contribution in [-0.2, 0) is 6.54 Å². The third-order valence-electron chi connectivity index (χ3n) is 2.35. The Labute approximate surface area is 101 Å². The molecule has 2 heterocycles. The first-order valence-electron chi connectivity index (χ1n) is 5.82. The Bertz CT molecular complexity index is 460. The standard InChI is InChI=1S/C12H17N5/c1-3-4-13-12-7-14-11(6-15-12)9-17-8-10(2)5-16-17/h5-8H,3-4,9H2,1-2H3,(H,13,15). The summed E-state index contributed by atoms with van der Waals surface area (Å²) in [5.41, 5.74) is 2.06. The quantitative estimate of drug-likeness (QED) is 0.853. The molecule has 0 unspecified atom stereocenters. The van der Waals surface area contributed by atoms with Crippen LogP contribution >= 0.6 is 0 Å². The summed E-state index contributed by atoms with van der Waals surface area (Å²) >= 11 is 0. The number of nitrogens with one attached hydrogen (secondary N) is 1. The maximum atomic E-state index is 4.35. The molecule has 0 saturated heterocycles. The topological polar surface area (TPSA) is 55.6 Å². The summed E-state index contributed by atoms with van der Waals surface area (Å²) in [6, 6.07) is 0. The second kappa shape index (κ2) is 5.43. The van der Waals surface area contributed by atoms with E-state index in [2.05, 4.69) is 27.3 Å². The maximum Gasteiger partial charge on any atom is 0.144 e. The molecule has 0 aliphatic rings. The number of nitrogens with zero attached hydrogens (tertiary/aromatic N) is 4. The van der Waals surface area contributed by atoms with Crippen LogP contribution in [0.25, 0.3) is 0 Å². The monoisotopic (exact) mass is 231 g/mol. The summed E-state index contributed by atoms with van der Waals surface area (Å²) in [4.78, 5) is 8.65. The molecular formula is C12H17N5. The molecule has 0 bridgehead atoms. The van der Waals surface area contributed by atoms with Gasteiger partial charge in [-0.1, -0.05) is 6.92 Å². The SMILES string of the molecule is CCCNc1cnc(Cn2cc(C)cn2)cn1. The van der Waals surface area contributed by atoms with Crippen molar-refractivity contribution in [3.63, 3.8) is 0 Å². The van der Waals surface area contributed by atoms with Crippen molar-refractivity contribution in [3.05, 3.63) is 36.0 Å². The molecule has 0 amide bonds. The van der Waals surface area contributed by atoms with E-state index in [0.29, 0.717) is 6.54 Å². The van der Waals surface area contributed by atoms with Gasteiger partial charge in [-0.05, 0) is 18.9 Å². The van der Waals surface area contributed by atoms with Crippen LogP contribution in [0.4, 0.5) is 5.82 Å². The molecule has 0 aromatic carbocycles. The zero-order chi connectivity index (χ0) is 12.1. The highest BCUT2D eigenvalue weighted by Gasteiger charge is 1.99. The van der Waals surface area contributed by atoms with Crippen molar-refractivity contribution in [2.24, 2.45) is 0 Å². The van der Waals surface area contributed by atoms with E-state index in [9.17, 15) is 0 Å². The van der Waals surface area contributed by atoms with Gasteiger partial charge in [-0.25, -0.2) is 4.98 Å². The van der Waals surface area contributed by atoms with E-state index < -0.39 is 0 Å². The molecule has 0 radical (unpaired) electrons. The van der Waals surface area contributed by atoms with Gasteiger partial charge >= 0.3 is 0 Å². The Morgan fingerprint density at radius 3 is 2.71 bits per heavy atom. The minimum absolute atomic E-state index is 0.662. The largest absolute Gasteiger partial charge is 0.369 e. The number of anilines is 1. The van der Waals surface area contributed by atoms with Crippen molar-refractivity contribution < 1.29 is 0 Å². The van der Waals surface area contributed by atoms with Crippen molar-refractivity contribution in [2.45, 2.75) is 26.8 Å². The fraction of sp³-hybridized carbons (Fsp3) is 0.417. The van der Waals surface area contributed by atoms with E-state index in [-0.39, 0.29) is 0 Å². The molecule has 2 aromatic rings. The zero-order valence-corrected chi connectivity index (χ0v) is 10.2. The average Bonchev–Trinajstić information content (AvgIpc) is 2.74. The normalized spacial score (nSPS) is 10.5. The van der Waals surface area contributed by atoms with Crippen LogP contribution in [0.3, 0.4) is 0 Å². The number of hydrogen-bond donors (Lipinski definition) is 1. The molecule has 2 aromatic heterocycles. The highest BCUT2D eigenvalue weighted by Crippen LogP contribution is 2.03. The Balaban J connectivity index is 1.98. The molecule has 0 fully saturated rings. The summed E-state index contributed by atoms with van der Waals surface area (Å²) in [6.07, 6.45) is 8.46. The first kappa shape index (κ1) is 11.6. The minimum atomic E-state index is 0.662. The summed E-state index contributed by atoms with van der Waals surface area (Å²) in [6.45, 7) is 5.73. The maximum absolute atomic E-state index is 4.35. The minimum Gasteiger partial charge on any atom is -0.369 e. The van der Waals surface area contributed by atoms with E-state index in [1.54, 1.807) is 12.4 Å². The van der Waals surface area contributed by atoms with Crippen LogP contribution in [0.1, 0.15) is 24.6 Å². The first-order valence-corrected chi connectivity index (χ1v) is 5.82. The van der Waals surface area contributed by atoms with E-state index in [0.717, 1.165) is 30.0 Å². The fourth-order valence-corrected chi connectivity index (χ4v) is 1.50. The first-order chi connectivity index (χ1) is 8.28. The number of hydrogen-bond acceptors (Lipinski definition) is 4. The van der Waals surface area contributed by atoms with Gasteiger partial charge in [0.2, 0.25) is 0 Å². The summed E-state index contributed by atoms with van der Waals surface area (Å²) in [5, 5.41) is 7.41. The lowest BCUT2D eigenvalue weighted by atomic mass is 10.4. The highest BCUT2D eigenvalue weighted by molar-refractivity contribution is 5.30. The van der Waals surface area contributed by atoms with Gasteiger partial charge in [0.05, 0.1) is 30.8 Å². The number of aryl methyl sites for hydroxylation is 1. The van der Waals surface area contributed by atoms with Crippen molar-refractivity contribution in [1.29, 1.82) is 0 Å². The molecular weight excluding hydrogens is 214 g/mol. The molecule has 90 valence electrons. The van der Waals surface area contributed by atoms with Crippen molar-refractivity contribution in [1.82, 2.24) is 19.7 Å². The Kier molecular flexibility index (Phi) is 3.69. The van der Waals surface area contributed by atoms with Crippen molar-refractivity contribution >= 4 is 5.82 Å². The molecule has 5 nitrogen and oxygen atoms in total. The molecule has 1 N–H and O–H groups in total. The molecule has 5 heteroatoms. The van der Waals surface area contributed by atoms with Crippen LogP contribution < -0.4 is 5.32 Å². The van der Waals surface area contributed by atoms with Gasteiger partial charge in [-0.2, -0.15) is 5.10 Å². The lowest BCUT2D eigenvalue weighted by molar-refractivity contribution is 0.669. The lowest BCUT2D eigenvalue weighted by Crippen LogP contribution is -2.06. The average molecular weight is 231 g/mol. The van der Waals surface area contributed by atoms with E-state index in [1.807, 2.05) is 24.0 Å². The molecule has 0 saturated carbocycles. The van der Waals surface area contributed by atoms with Crippen LogP contribution in [-0.4, -0.2) is 26.3 Å². The van der Waals surface area contributed by atoms with Gasteiger partial charge in [-0.3, -0.25) is 9.67 Å². The van der Waals surface area contributed by atoms with Crippen LogP contribution in [0.15, 0.2) is 24.8 Å². The van der Waals surface area contributed by atoms with E-state index >= 15 is 0 Å². The molecule has 0 aliphatic carbocycles. The number of rotatable bonds is 5.